The predicted molar refractivity (Wildman–Crippen MR) is 63.8 cm³/mol. The van der Waals surface area contributed by atoms with Crippen LogP contribution in [-0.2, 0) is 6.54 Å². The number of nitro groups is 1. The number of hydrogen-bond donors (Lipinski definition) is 1. The van der Waals surface area contributed by atoms with Gasteiger partial charge >= 0.3 is 0 Å². The van der Waals surface area contributed by atoms with Gasteiger partial charge in [0.15, 0.2) is 0 Å². The van der Waals surface area contributed by atoms with Crippen LogP contribution in [-0.4, -0.2) is 21.7 Å². The van der Waals surface area contributed by atoms with E-state index in [2.05, 4.69) is 15.5 Å². The summed E-state index contributed by atoms with van der Waals surface area (Å²) in [6.45, 7) is 3.19. The number of para-hydroxylation sites is 1. The zero-order valence-electron chi connectivity index (χ0n) is 9.79. The molecule has 0 aliphatic carbocycles. The van der Waals surface area contributed by atoms with Crippen LogP contribution in [0.15, 0.2) is 28.7 Å². The summed E-state index contributed by atoms with van der Waals surface area (Å²) in [5.74, 6) is 0.570. The van der Waals surface area contributed by atoms with Crippen LogP contribution in [0.3, 0.4) is 0 Å². The first-order valence-electron chi connectivity index (χ1n) is 5.49. The number of nitrogens with one attached hydrogen (secondary N) is 1. The summed E-state index contributed by atoms with van der Waals surface area (Å²) in [6.07, 6.45) is 0. The summed E-state index contributed by atoms with van der Waals surface area (Å²) in [4.78, 5) is 10.4. The van der Waals surface area contributed by atoms with Crippen LogP contribution >= 0.6 is 0 Å². The minimum atomic E-state index is -0.469. The van der Waals surface area contributed by atoms with Gasteiger partial charge < -0.3 is 9.73 Å². The summed E-state index contributed by atoms with van der Waals surface area (Å²) in [6, 6.07) is 6.28. The van der Waals surface area contributed by atoms with Crippen LogP contribution in [0.4, 0.5) is 5.69 Å². The maximum atomic E-state index is 10.9. The lowest BCUT2D eigenvalue weighted by Crippen LogP contribution is -2.11. The highest BCUT2D eigenvalue weighted by Gasteiger charge is 2.19. The third-order valence-corrected chi connectivity index (χ3v) is 2.32. The minimum absolute atomic E-state index is 0.0452. The monoisotopic (exact) mass is 248 g/mol. The van der Waals surface area contributed by atoms with E-state index in [0.29, 0.717) is 18.0 Å². The van der Waals surface area contributed by atoms with E-state index in [0.717, 1.165) is 6.54 Å². The highest BCUT2D eigenvalue weighted by atomic mass is 16.6. The summed E-state index contributed by atoms with van der Waals surface area (Å²) < 4.78 is 5.37. The fraction of sp³-hybridized carbons (Fsp3) is 0.273. The molecule has 1 heterocycles. The van der Waals surface area contributed by atoms with E-state index in [1.165, 1.54) is 6.07 Å². The molecule has 0 unspecified atom stereocenters. The first-order valence-corrected chi connectivity index (χ1v) is 5.49. The van der Waals surface area contributed by atoms with Crippen LogP contribution in [0.5, 0.6) is 0 Å². The Balaban J connectivity index is 2.31. The topological polar surface area (TPSA) is 94.1 Å². The number of nitro benzene ring substituents is 1. The molecule has 0 spiro atoms. The van der Waals surface area contributed by atoms with E-state index in [1.807, 2.05) is 6.92 Å². The van der Waals surface area contributed by atoms with Crippen molar-refractivity contribution in [1.29, 1.82) is 0 Å². The van der Waals surface area contributed by atoms with Crippen molar-refractivity contribution in [3.63, 3.8) is 0 Å². The molecule has 18 heavy (non-hydrogen) atoms. The average molecular weight is 248 g/mol. The Labute approximate surface area is 103 Å². The van der Waals surface area contributed by atoms with Crippen LogP contribution in [0.1, 0.15) is 12.8 Å². The molecule has 0 aliphatic rings. The van der Waals surface area contributed by atoms with Crippen molar-refractivity contribution < 1.29 is 9.34 Å². The molecule has 0 amide bonds. The second kappa shape index (κ2) is 5.37. The Kier molecular flexibility index (Phi) is 3.63. The van der Waals surface area contributed by atoms with Crippen LogP contribution < -0.4 is 5.32 Å². The third-order valence-electron chi connectivity index (χ3n) is 2.32. The quantitative estimate of drug-likeness (QED) is 0.640. The van der Waals surface area contributed by atoms with Crippen LogP contribution in [0.25, 0.3) is 11.5 Å². The maximum absolute atomic E-state index is 10.9. The standard InChI is InChI=1S/C11H12N4O3/c1-2-12-7-10-13-14-11(18-10)8-5-3-4-6-9(8)15(16)17/h3-6,12H,2,7H2,1H3. The Morgan fingerprint density at radius 1 is 1.39 bits per heavy atom. The van der Waals surface area contributed by atoms with Crippen molar-refractivity contribution >= 4 is 5.69 Å². The highest BCUT2D eigenvalue weighted by Crippen LogP contribution is 2.28. The zero-order chi connectivity index (χ0) is 13.0. The number of hydrogen-bond acceptors (Lipinski definition) is 6. The smallest absolute Gasteiger partial charge is 0.282 e. The van der Waals surface area contributed by atoms with Gasteiger partial charge in [0.25, 0.3) is 11.6 Å². The SMILES string of the molecule is CCNCc1nnc(-c2ccccc2[N+](=O)[O-])o1. The molecule has 0 bridgehead atoms. The van der Waals surface area contributed by atoms with E-state index < -0.39 is 4.92 Å². The Morgan fingerprint density at radius 3 is 2.89 bits per heavy atom. The molecule has 7 nitrogen and oxygen atoms in total. The molecule has 0 atom stereocenters. The van der Waals surface area contributed by atoms with Crippen molar-refractivity contribution in [2.75, 3.05) is 6.54 Å². The summed E-state index contributed by atoms with van der Waals surface area (Å²) >= 11 is 0. The summed E-state index contributed by atoms with van der Waals surface area (Å²) in [7, 11) is 0. The largest absolute Gasteiger partial charge is 0.419 e. The van der Waals surface area contributed by atoms with E-state index in [1.54, 1.807) is 18.2 Å². The molecule has 1 aromatic heterocycles. The van der Waals surface area contributed by atoms with Gasteiger partial charge in [-0.3, -0.25) is 10.1 Å². The Bertz CT molecular complexity index is 553. The van der Waals surface area contributed by atoms with Crippen LogP contribution in [0.2, 0.25) is 0 Å². The van der Waals surface area contributed by atoms with Gasteiger partial charge in [0, 0.05) is 6.07 Å². The van der Waals surface area contributed by atoms with Gasteiger partial charge in [0.1, 0.15) is 5.56 Å². The fourth-order valence-electron chi connectivity index (χ4n) is 1.48. The molecular weight excluding hydrogens is 236 g/mol. The molecule has 1 aromatic carbocycles. The second-order valence-electron chi connectivity index (χ2n) is 3.56. The number of rotatable bonds is 5. The van der Waals surface area contributed by atoms with Gasteiger partial charge in [0.05, 0.1) is 11.5 Å². The lowest BCUT2D eigenvalue weighted by molar-refractivity contribution is -0.384. The van der Waals surface area contributed by atoms with E-state index >= 15 is 0 Å². The molecular formula is C11H12N4O3. The van der Waals surface area contributed by atoms with E-state index in [-0.39, 0.29) is 11.6 Å². The highest BCUT2D eigenvalue weighted by molar-refractivity contribution is 5.66. The van der Waals surface area contributed by atoms with Gasteiger partial charge in [-0.05, 0) is 12.6 Å². The predicted octanol–water partition coefficient (Wildman–Crippen LogP) is 1.75. The normalized spacial score (nSPS) is 10.5. The van der Waals surface area contributed by atoms with Gasteiger partial charge in [0.2, 0.25) is 5.89 Å². The van der Waals surface area contributed by atoms with Gasteiger partial charge in [-0.2, -0.15) is 0 Å². The lowest BCUT2D eigenvalue weighted by Gasteiger charge is -1.97. The van der Waals surface area contributed by atoms with E-state index in [9.17, 15) is 10.1 Å². The summed E-state index contributed by atoms with van der Waals surface area (Å²) in [5.41, 5.74) is 0.286. The molecule has 0 saturated heterocycles. The molecule has 94 valence electrons. The fourth-order valence-corrected chi connectivity index (χ4v) is 1.48. The van der Waals surface area contributed by atoms with E-state index in [4.69, 9.17) is 4.42 Å². The molecule has 0 aliphatic heterocycles. The Hall–Kier alpha value is -2.28. The van der Waals surface area contributed by atoms with Crippen molar-refractivity contribution in [3.05, 3.63) is 40.3 Å². The van der Waals surface area contributed by atoms with Gasteiger partial charge in [-0.1, -0.05) is 19.1 Å². The lowest BCUT2D eigenvalue weighted by atomic mass is 10.2. The first kappa shape index (κ1) is 12.2. The average Bonchev–Trinajstić information content (AvgIpc) is 2.85. The Morgan fingerprint density at radius 2 is 2.17 bits per heavy atom. The van der Waals surface area contributed by atoms with Gasteiger partial charge in [-0.15, -0.1) is 10.2 Å². The number of benzene rings is 1. The van der Waals surface area contributed by atoms with Crippen molar-refractivity contribution in [3.8, 4) is 11.5 Å². The van der Waals surface area contributed by atoms with Crippen molar-refractivity contribution in [2.24, 2.45) is 0 Å². The molecule has 0 fully saturated rings. The number of nitrogens with zero attached hydrogens (tertiary/aromatic N) is 3. The van der Waals surface area contributed by atoms with Crippen molar-refractivity contribution in [2.45, 2.75) is 13.5 Å². The molecule has 2 rings (SSSR count). The zero-order valence-corrected chi connectivity index (χ0v) is 9.79. The molecule has 0 saturated carbocycles. The second-order valence-corrected chi connectivity index (χ2v) is 3.56. The van der Waals surface area contributed by atoms with Crippen LogP contribution in [0, 0.1) is 10.1 Å². The van der Waals surface area contributed by atoms with Gasteiger partial charge in [-0.25, -0.2) is 0 Å². The molecule has 2 aromatic rings. The third kappa shape index (κ3) is 2.51. The van der Waals surface area contributed by atoms with Crippen molar-refractivity contribution in [1.82, 2.24) is 15.5 Å². The molecule has 1 N–H and O–H groups in total. The maximum Gasteiger partial charge on any atom is 0.282 e. The minimum Gasteiger partial charge on any atom is -0.419 e. The number of aromatic nitrogens is 2. The first-order chi connectivity index (χ1) is 8.72. The molecule has 7 heteroatoms. The molecule has 0 radical (unpaired) electrons. The summed E-state index contributed by atoms with van der Waals surface area (Å²) in [5, 5.41) is 21.6.